The number of carbonyl (C=O) groups excluding carboxylic acids is 1. The van der Waals surface area contributed by atoms with Crippen LogP contribution in [0.4, 0.5) is 23.8 Å². The highest BCUT2D eigenvalue weighted by atomic mass is 19.4. The van der Waals surface area contributed by atoms with E-state index in [-0.39, 0.29) is 17.5 Å². The summed E-state index contributed by atoms with van der Waals surface area (Å²) in [5.41, 5.74) is 1.33. The molecule has 0 radical (unpaired) electrons. The Balaban J connectivity index is 1.14. The van der Waals surface area contributed by atoms with E-state index >= 15 is 0 Å². The van der Waals surface area contributed by atoms with Crippen LogP contribution in [0.5, 0.6) is 17.2 Å². The predicted octanol–water partition coefficient (Wildman–Crippen LogP) is 5.26. The second-order valence-electron chi connectivity index (χ2n) is 8.35. The number of amides is 2. The highest BCUT2D eigenvalue weighted by Crippen LogP contribution is 2.29. The molecule has 2 amide bonds. The summed E-state index contributed by atoms with van der Waals surface area (Å²) in [4.78, 5) is 20.7. The zero-order valence-corrected chi connectivity index (χ0v) is 19.4. The molecule has 1 aliphatic rings. The molecular formula is C25H22F3N5O4. The Kier molecular flexibility index (Phi) is 6.82. The van der Waals surface area contributed by atoms with Crippen LogP contribution in [-0.2, 0) is 6.54 Å². The maximum atomic E-state index is 12.7. The number of aromatic nitrogens is 2. The van der Waals surface area contributed by atoms with Crippen molar-refractivity contribution in [2.45, 2.75) is 12.9 Å². The van der Waals surface area contributed by atoms with Crippen LogP contribution in [0.1, 0.15) is 5.56 Å². The van der Waals surface area contributed by atoms with Gasteiger partial charge in [-0.15, -0.1) is 13.2 Å². The van der Waals surface area contributed by atoms with Crippen LogP contribution >= 0.6 is 0 Å². The van der Waals surface area contributed by atoms with Crippen molar-refractivity contribution in [2.75, 3.05) is 31.5 Å². The van der Waals surface area contributed by atoms with Crippen molar-refractivity contribution in [3.63, 3.8) is 0 Å². The SMILES string of the molecule is O=C(Nc1noc2ncccc12)N1CCN(Cc2cccc(Oc3cccc(OC(F)(F)F)c3)c2)CC1. The number of rotatable bonds is 6. The number of anilines is 1. The number of hydrogen-bond donors (Lipinski definition) is 1. The van der Waals surface area contributed by atoms with Gasteiger partial charge < -0.3 is 18.9 Å². The van der Waals surface area contributed by atoms with Gasteiger partial charge in [-0.05, 0) is 42.0 Å². The Morgan fingerprint density at radius 1 is 0.973 bits per heavy atom. The average molecular weight is 513 g/mol. The Labute approximate surface area is 209 Å². The van der Waals surface area contributed by atoms with Gasteiger partial charge in [-0.1, -0.05) is 23.4 Å². The van der Waals surface area contributed by atoms with Gasteiger partial charge in [0.05, 0.1) is 5.39 Å². The van der Waals surface area contributed by atoms with Crippen molar-refractivity contribution in [1.82, 2.24) is 19.9 Å². The van der Waals surface area contributed by atoms with Crippen molar-refractivity contribution in [1.29, 1.82) is 0 Å². The summed E-state index contributed by atoms with van der Waals surface area (Å²) in [6.45, 7) is 3.01. The van der Waals surface area contributed by atoms with Gasteiger partial charge >= 0.3 is 12.4 Å². The van der Waals surface area contributed by atoms with Crippen molar-refractivity contribution >= 4 is 22.9 Å². The molecule has 4 aromatic rings. The van der Waals surface area contributed by atoms with E-state index in [9.17, 15) is 18.0 Å². The zero-order valence-electron chi connectivity index (χ0n) is 19.4. The minimum atomic E-state index is -4.77. The predicted molar refractivity (Wildman–Crippen MR) is 127 cm³/mol. The number of pyridine rings is 1. The molecule has 192 valence electrons. The number of urea groups is 1. The van der Waals surface area contributed by atoms with Crippen molar-refractivity contribution < 1.29 is 32.0 Å². The van der Waals surface area contributed by atoms with Crippen molar-refractivity contribution in [2.24, 2.45) is 0 Å². The number of ether oxygens (including phenoxy) is 2. The van der Waals surface area contributed by atoms with Crippen molar-refractivity contribution in [3.05, 3.63) is 72.4 Å². The molecule has 0 atom stereocenters. The first-order valence-corrected chi connectivity index (χ1v) is 11.4. The summed E-state index contributed by atoms with van der Waals surface area (Å²) in [6.07, 6.45) is -3.18. The number of nitrogens with zero attached hydrogens (tertiary/aromatic N) is 4. The Bertz CT molecular complexity index is 1390. The third-order valence-corrected chi connectivity index (χ3v) is 5.71. The molecule has 37 heavy (non-hydrogen) atoms. The zero-order chi connectivity index (χ0) is 25.8. The fourth-order valence-electron chi connectivity index (χ4n) is 4.00. The number of hydrogen-bond acceptors (Lipinski definition) is 7. The highest BCUT2D eigenvalue weighted by molar-refractivity contribution is 5.97. The first-order chi connectivity index (χ1) is 17.8. The number of halogens is 3. The third kappa shape index (κ3) is 6.28. The van der Waals surface area contributed by atoms with Gasteiger partial charge in [0, 0.05) is 45.0 Å². The van der Waals surface area contributed by atoms with Crippen LogP contribution in [0.2, 0.25) is 0 Å². The summed E-state index contributed by atoms with van der Waals surface area (Å²) in [5.74, 6) is 0.711. The fourth-order valence-corrected chi connectivity index (χ4v) is 4.00. The summed E-state index contributed by atoms with van der Waals surface area (Å²) >= 11 is 0. The first-order valence-electron chi connectivity index (χ1n) is 11.4. The number of carbonyl (C=O) groups is 1. The summed E-state index contributed by atoms with van der Waals surface area (Å²) < 4.78 is 52.3. The lowest BCUT2D eigenvalue weighted by Crippen LogP contribution is -2.49. The van der Waals surface area contributed by atoms with Gasteiger partial charge in [-0.2, -0.15) is 0 Å². The van der Waals surface area contributed by atoms with Gasteiger partial charge in [0.1, 0.15) is 17.2 Å². The van der Waals surface area contributed by atoms with Crippen LogP contribution in [0.15, 0.2) is 71.4 Å². The lowest BCUT2D eigenvalue weighted by atomic mass is 10.2. The molecule has 0 aliphatic carbocycles. The third-order valence-electron chi connectivity index (χ3n) is 5.71. The fraction of sp³-hybridized carbons (Fsp3) is 0.240. The van der Waals surface area contributed by atoms with Crippen LogP contribution in [-0.4, -0.2) is 58.5 Å². The van der Waals surface area contributed by atoms with Crippen LogP contribution in [0, 0.1) is 0 Å². The number of nitrogens with one attached hydrogen (secondary N) is 1. The van der Waals surface area contributed by atoms with Gasteiger partial charge in [0.2, 0.25) is 0 Å². The first kappa shape index (κ1) is 24.4. The maximum absolute atomic E-state index is 12.7. The average Bonchev–Trinajstić information content (AvgIpc) is 3.27. The number of alkyl halides is 3. The molecule has 12 heteroatoms. The highest BCUT2D eigenvalue weighted by Gasteiger charge is 2.31. The minimum Gasteiger partial charge on any atom is -0.457 e. The van der Waals surface area contributed by atoms with E-state index in [1.54, 1.807) is 35.4 Å². The Morgan fingerprint density at radius 2 is 1.70 bits per heavy atom. The second kappa shape index (κ2) is 10.3. The van der Waals surface area contributed by atoms with Gasteiger partial charge in [0.15, 0.2) is 5.82 Å². The maximum Gasteiger partial charge on any atom is 0.573 e. The lowest BCUT2D eigenvalue weighted by Gasteiger charge is -2.34. The van der Waals surface area contributed by atoms with Crippen LogP contribution in [0.25, 0.3) is 11.1 Å². The molecule has 1 aliphatic heterocycles. The molecule has 3 heterocycles. The Morgan fingerprint density at radius 3 is 2.49 bits per heavy atom. The summed E-state index contributed by atoms with van der Waals surface area (Å²) in [6, 6.07) is 16.0. The van der Waals surface area contributed by atoms with E-state index in [0.717, 1.165) is 5.56 Å². The number of benzene rings is 2. The largest absolute Gasteiger partial charge is 0.573 e. The summed E-state index contributed by atoms with van der Waals surface area (Å²) in [5, 5.41) is 7.30. The molecule has 1 saturated heterocycles. The van der Waals surface area contributed by atoms with E-state index < -0.39 is 6.36 Å². The molecule has 0 saturated carbocycles. The number of piperazine rings is 1. The van der Waals surface area contributed by atoms with E-state index in [4.69, 9.17) is 9.26 Å². The molecule has 5 rings (SSSR count). The topological polar surface area (TPSA) is 93.0 Å². The molecule has 0 spiro atoms. The molecule has 0 unspecified atom stereocenters. The Hall–Kier alpha value is -4.32. The van der Waals surface area contributed by atoms with Gasteiger partial charge in [-0.25, -0.2) is 9.78 Å². The lowest BCUT2D eigenvalue weighted by molar-refractivity contribution is -0.274. The van der Waals surface area contributed by atoms with E-state index in [0.29, 0.717) is 55.4 Å². The normalized spacial score (nSPS) is 14.5. The van der Waals surface area contributed by atoms with Crippen LogP contribution < -0.4 is 14.8 Å². The number of fused-ring (bicyclic) bond motifs is 1. The molecule has 1 N–H and O–H groups in total. The molecule has 1 fully saturated rings. The molecule has 2 aromatic carbocycles. The minimum absolute atomic E-state index is 0.231. The quantitative estimate of drug-likeness (QED) is 0.376. The monoisotopic (exact) mass is 513 g/mol. The standard InChI is InChI=1S/C25H22F3N5O4/c26-25(27,28)36-20-7-2-6-19(15-20)35-18-5-1-4-17(14-18)16-32-10-12-33(13-11-32)24(34)30-22-21-8-3-9-29-23(21)37-31-22/h1-9,14-15H,10-13,16H2,(H,30,31,34). The van der Waals surface area contributed by atoms with E-state index in [2.05, 4.69) is 25.1 Å². The van der Waals surface area contributed by atoms with E-state index in [1.165, 1.54) is 18.2 Å². The summed E-state index contributed by atoms with van der Waals surface area (Å²) in [7, 11) is 0. The molecule has 9 nitrogen and oxygen atoms in total. The van der Waals surface area contributed by atoms with Gasteiger partial charge in [0.25, 0.3) is 5.71 Å². The van der Waals surface area contributed by atoms with Crippen molar-refractivity contribution in [3.8, 4) is 17.2 Å². The second-order valence-corrected chi connectivity index (χ2v) is 8.35. The molecule has 0 bridgehead atoms. The molecule has 2 aromatic heterocycles. The smallest absolute Gasteiger partial charge is 0.457 e. The molecular weight excluding hydrogens is 491 g/mol. The van der Waals surface area contributed by atoms with Crippen LogP contribution in [0.3, 0.4) is 0 Å². The van der Waals surface area contributed by atoms with E-state index in [1.807, 2.05) is 18.2 Å². The van der Waals surface area contributed by atoms with Gasteiger partial charge in [-0.3, -0.25) is 10.2 Å².